The van der Waals surface area contributed by atoms with E-state index in [1.54, 1.807) is 13.0 Å². The van der Waals surface area contributed by atoms with Crippen molar-refractivity contribution in [3.05, 3.63) is 23.3 Å². The van der Waals surface area contributed by atoms with E-state index in [-0.39, 0.29) is 42.0 Å². The first kappa shape index (κ1) is 19.8. The molecular formula is C22H30O6. The zero-order chi connectivity index (χ0) is 20.9. The van der Waals surface area contributed by atoms with E-state index >= 15 is 0 Å². The number of hydrogen-bond donors (Lipinski definition) is 3. The summed E-state index contributed by atoms with van der Waals surface area (Å²) in [5.74, 6) is -2.42. The van der Waals surface area contributed by atoms with E-state index in [4.69, 9.17) is 4.74 Å². The topological polar surface area (TPSA) is 104 Å². The van der Waals surface area contributed by atoms with Crippen LogP contribution in [-0.4, -0.2) is 50.5 Å². The van der Waals surface area contributed by atoms with Crippen LogP contribution in [-0.2, 0) is 14.3 Å². The fourth-order valence-corrected chi connectivity index (χ4v) is 6.85. The number of Topliss-reactive ketones (excluding diaryl/α,β-unsaturated/α-hetero) is 1. The molecular weight excluding hydrogens is 360 g/mol. The number of aliphatic hydroxyl groups is 3. The molecule has 4 rings (SSSR count). The molecule has 0 heterocycles. The summed E-state index contributed by atoms with van der Waals surface area (Å²) in [6.45, 7) is 8.72. The predicted molar refractivity (Wildman–Crippen MR) is 101 cm³/mol. The monoisotopic (exact) mass is 390 g/mol. The van der Waals surface area contributed by atoms with Gasteiger partial charge >= 0.3 is 5.97 Å². The van der Waals surface area contributed by atoms with Crippen molar-refractivity contribution < 1.29 is 29.6 Å². The molecule has 0 aromatic carbocycles. The van der Waals surface area contributed by atoms with Crippen molar-refractivity contribution in [1.82, 2.24) is 0 Å². The molecule has 2 fully saturated rings. The second-order valence-corrected chi connectivity index (χ2v) is 9.94. The SMILES string of the molecule is CC(=O)O[C@@]12C[C@@H](C)[C@]3(O)[C@H](C=C(CO)C[C@@]4(O)C(=O)C(C)=C[C@@H]34)[C@@H]1C2(C)C. The summed E-state index contributed by atoms with van der Waals surface area (Å²) in [6.07, 6.45) is 4.00. The zero-order valence-corrected chi connectivity index (χ0v) is 17.2. The smallest absolute Gasteiger partial charge is 0.303 e. The number of aliphatic hydroxyl groups excluding tert-OH is 1. The van der Waals surface area contributed by atoms with E-state index in [0.29, 0.717) is 17.6 Å². The highest BCUT2D eigenvalue weighted by Crippen LogP contribution is 2.76. The fraction of sp³-hybridized carbons (Fsp3) is 0.727. The van der Waals surface area contributed by atoms with Crippen molar-refractivity contribution >= 4 is 11.8 Å². The van der Waals surface area contributed by atoms with Crippen molar-refractivity contribution in [2.24, 2.45) is 29.1 Å². The van der Waals surface area contributed by atoms with E-state index in [0.717, 1.165) is 0 Å². The van der Waals surface area contributed by atoms with E-state index in [1.807, 2.05) is 26.8 Å². The molecule has 6 nitrogen and oxygen atoms in total. The molecule has 2 saturated carbocycles. The van der Waals surface area contributed by atoms with Crippen LogP contribution < -0.4 is 0 Å². The third kappa shape index (κ3) is 2.09. The van der Waals surface area contributed by atoms with Gasteiger partial charge in [-0.1, -0.05) is 32.9 Å². The van der Waals surface area contributed by atoms with Crippen molar-refractivity contribution in [3.8, 4) is 0 Å². The van der Waals surface area contributed by atoms with Gasteiger partial charge in [-0.2, -0.15) is 0 Å². The molecule has 0 unspecified atom stereocenters. The molecule has 3 N–H and O–H groups in total. The normalized spacial score (nSPS) is 48.5. The molecule has 0 spiro atoms. The Hall–Kier alpha value is -1.50. The Morgan fingerprint density at radius 3 is 2.50 bits per heavy atom. The van der Waals surface area contributed by atoms with Gasteiger partial charge in [0.2, 0.25) is 0 Å². The van der Waals surface area contributed by atoms with Gasteiger partial charge in [0.05, 0.1) is 12.2 Å². The molecule has 0 bridgehead atoms. The van der Waals surface area contributed by atoms with E-state index < -0.39 is 28.6 Å². The van der Waals surface area contributed by atoms with Gasteiger partial charge in [0.15, 0.2) is 5.78 Å². The Labute approximate surface area is 165 Å². The first-order chi connectivity index (χ1) is 12.9. The summed E-state index contributed by atoms with van der Waals surface area (Å²) in [7, 11) is 0. The Morgan fingerprint density at radius 1 is 1.29 bits per heavy atom. The predicted octanol–water partition coefficient (Wildman–Crippen LogP) is 1.53. The quantitative estimate of drug-likeness (QED) is 0.488. The highest BCUT2D eigenvalue weighted by molar-refractivity contribution is 6.04. The second kappa shape index (κ2) is 5.55. The van der Waals surface area contributed by atoms with Crippen LogP contribution in [0.3, 0.4) is 0 Å². The van der Waals surface area contributed by atoms with Crippen molar-refractivity contribution in [2.45, 2.75) is 64.3 Å². The minimum absolute atomic E-state index is 0.0000834. The molecule has 0 amide bonds. The van der Waals surface area contributed by atoms with E-state index in [2.05, 4.69) is 0 Å². The van der Waals surface area contributed by atoms with Crippen LogP contribution in [0.1, 0.15) is 47.5 Å². The van der Waals surface area contributed by atoms with E-state index in [9.17, 15) is 24.9 Å². The summed E-state index contributed by atoms with van der Waals surface area (Å²) in [5.41, 5.74) is -3.19. The molecule has 4 aliphatic carbocycles. The molecule has 6 heteroatoms. The third-order valence-corrected chi connectivity index (χ3v) is 8.20. The maximum Gasteiger partial charge on any atom is 0.303 e. The van der Waals surface area contributed by atoms with Gasteiger partial charge in [-0.05, 0) is 30.4 Å². The molecule has 0 aliphatic heterocycles. The van der Waals surface area contributed by atoms with Crippen molar-refractivity contribution in [3.63, 3.8) is 0 Å². The lowest BCUT2D eigenvalue weighted by Crippen LogP contribution is -2.61. The zero-order valence-electron chi connectivity index (χ0n) is 17.2. The van der Waals surface area contributed by atoms with Crippen LogP contribution in [0.25, 0.3) is 0 Å². The third-order valence-electron chi connectivity index (χ3n) is 8.20. The molecule has 154 valence electrons. The average molecular weight is 390 g/mol. The molecule has 0 aromatic heterocycles. The minimum Gasteiger partial charge on any atom is -0.458 e. The molecule has 4 aliphatic rings. The lowest BCUT2D eigenvalue weighted by atomic mass is 9.60. The number of esters is 1. The Kier molecular flexibility index (Phi) is 3.93. The molecule has 0 aromatic rings. The highest BCUT2D eigenvalue weighted by atomic mass is 16.6. The van der Waals surface area contributed by atoms with Gasteiger partial charge in [0.1, 0.15) is 11.2 Å². The van der Waals surface area contributed by atoms with Crippen LogP contribution in [0.4, 0.5) is 0 Å². The van der Waals surface area contributed by atoms with Crippen LogP contribution in [0.2, 0.25) is 0 Å². The van der Waals surface area contributed by atoms with Crippen LogP contribution in [0.5, 0.6) is 0 Å². The Bertz CT molecular complexity index is 825. The Morgan fingerprint density at radius 2 is 1.93 bits per heavy atom. The lowest BCUT2D eigenvalue weighted by molar-refractivity contribution is -0.186. The highest BCUT2D eigenvalue weighted by Gasteiger charge is 2.83. The molecule has 28 heavy (non-hydrogen) atoms. The van der Waals surface area contributed by atoms with Crippen LogP contribution in [0, 0.1) is 29.1 Å². The van der Waals surface area contributed by atoms with Gasteiger partial charge < -0.3 is 20.1 Å². The van der Waals surface area contributed by atoms with Crippen molar-refractivity contribution in [2.75, 3.05) is 6.61 Å². The largest absolute Gasteiger partial charge is 0.458 e. The van der Waals surface area contributed by atoms with Gasteiger partial charge in [-0.15, -0.1) is 0 Å². The summed E-state index contributed by atoms with van der Waals surface area (Å²) in [4.78, 5) is 24.7. The second-order valence-electron chi connectivity index (χ2n) is 9.94. The van der Waals surface area contributed by atoms with Gasteiger partial charge in [-0.3, -0.25) is 9.59 Å². The van der Waals surface area contributed by atoms with Gasteiger partial charge in [-0.25, -0.2) is 0 Å². The fourth-order valence-electron chi connectivity index (χ4n) is 6.85. The molecule has 7 atom stereocenters. The maximum absolute atomic E-state index is 12.8. The Balaban J connectivity index is 1.90. The summed E-state index contributed by atoms with van der Waals surface area (Å²) in [5, 5.41) is 33.4. The number of hydrogen-bond acceptors (Lipinski definition) is 6. The van der Waals surface area contributed by atoms with Gasteiger partial charge in [0, 0.05) is 36.5 Å². The summed E-state index contributed by atoms with van der Waals surface area (Å²) in [6, 6.07) is 0. The molecule has 0 radical (unpaired) electrons. The standard InChI is InChI=1S/C22H30O6/c1-11-6-16-20(26,18(11)25)9-14(10-23)7-15-17-19(4,5)21(17,28-13(3)24)8-12(2)22(15,16)27/h6-7,12,15-17,23,26-27H,8-10H2,1-5H3/t12-,15-,16-,17-,20+,21+,22+/m1/s1. The first-order valence-electron chi connectivity index (χ1n) is 10.0. The van der Waals surface area contributed by atoms with Crippen LogP contribution in [0.15, 0.2) is 23.3 Å². The number of rotatable bonds is 2. The first-order valence-corrected chi connectivity index (χ1v) is 10.0. The maximum atomic E-state index is 12.8. The number of ether oxygens (including phenoxy) is 1. The molecule has 0 saturated heterocycles. The number of carbonyl (C=O) groups is 2. The number of fused-ring (bicyclic) bond motifs is 5. The lowest BCUT2D eigenvalue weighted by Gasteiger charge is -2.50. The minimum atomic E-state index is -1.75. The summed E-state index contributed by atoms with van der Waals surface area (Å²) >= 11 is 0. The summed E-state index contributed by atoms with van der Waals surface area (Å²) < 4.78 is 5.83. The van der Waals surface area contributed by atoms with Gasteiger partial charge in [0.25, 0.3) is 0 Å². The number of carbonyl (C=O) groups excluding carboxylic acids is 2. The van der Waals surface area contributed by atoms with Crippen LogP contribution >= 0.6 is 0 Å². The van der Waals surface area contributed by atoms with Crippen molar-refractivity contribution in [1.29, 1.82) is 0 Å². The average Bonchev–Trinajstić information content (AvgIpc) is 2.99. The van der Waals surface area contributed by atoms with E-state index in [1.165, 1.54) is 6.92 Å². The number of ketones is 1.